The van der Waals surface area contributed by atoms with Gasteiger partial charge < -0.3 is 25.8 Å². The normalized spacial score (nSPS) is 12.3. The number of anilines is 6. The average molecular weight is 476 g/mol. The molecule has 10 heteroatoms. The van der Waals surface area contributed by atoms with Gasteiger partial charge in [-0.1, -0.05) is 28.9 Å². The molecule has 2 aromatic heterocycles. The van der Waals surface area contributed by atoms with Gasteiger partial charge in [0.1, 0.15) is 16.4 Å². The Morgan fingerprint density at radius 3 is 2.74 bits per heavy atom. The Morgan fingerprint density at radius 2 is 1.91 bits per heavy atom. The maximum Gasteiger partial charge on any atom is 0.323 e. The van der Waals surface area contributed by atoms with E-state index >= 15 is 0 Å². The molecule has 9 nitrogen and oxygen atoms in total. The molecule has 2 aromatic carbocycles. The van der Waals surface area contributed by atoms with E-state index < -0.39 is 0 Å². The highest BCUT2D eigenvalue weighted by atomic mass is 35.5. The molecule has 4 N–H and O–H groups in total. The number of nitrogens with zero attached hydrogens (tertiary/aromatic N) is 3. The van der Waals surface area contributed by atoms with Crippen molar-refractivity contribution in [2.24, 2.45) is 0 Å². The Kier molecular flexibility index (Phi) is 5.77. The van der Waals surface area contributed by atoms with Crippen molar-refractivity contribution in [1.82, 2.24) is 15.1 Å². The zero-order valence-corrected chi connectivity index (χ0v) is 19.3. The molecule has 0 saturated carbocycles. The van der Waals surface area contributed by atoms with Crippen LogP contribution in [0.25, 0.3) is 0 Å². The molecule has 1 aliphatic rings. The molecule has 0 unspecified atom stereocenters. The highest BCUT2D eigenvalue weighted by molar-refractivity contribution is 6.32. The maximum absolute atomic E-state index is 12.7. The zero-order valence-electron chi connectivity index (χ0n) is 18.6. The van der Waals surface area contributed by atoms with Crippen LogP contribution >= 0.6 is 11.6 Å². The molecule has 0 saturated heterocycles. The van der Waals surface area contributed by atoms with Crippen LogP contribution in [-0.4, -0.2) is 21.2 Å². The summed E-state index contributed by atoms with van der Waals surface area (Å²) in [6, 6.07) is 13.4. The van der Waals surface area contributed by atoms with Crippen molar-refractivity contribution in [2.45, 2.75) is 26.7 Å². The Labute approximate surface area is 200 Å². The summed E-state index contributed by atoms with van der Waals surface area (Å²) in [5.74, 6) is 1.47. The first kappa shape index (κ1) is 21.7. The number of fused-ring (bicyclic) bond motifs is 6. The number of benzene rings is 2. The molecule has 2 amide bonds. The standard InChI is InChI=1S/C24H22ClN7O2/c1-13-21(14(2)34-32-13)30-24(33)29-20-9-8-18-11-16(20)7-6-15-4-3-5-17(10-15)28-23-26-12-19(25)22(27-18)31-23/h3-5,8-12H,6-7H2,1-2H3,(H2,29,30,33)(H2,26,27,28,31). The van der Waals surface area contributed by atoms with Gasteiger partial charge in [-0.25, -0.2) is 9.78 Å². The van der Waals surface area contributed by atoms with Crippen LogP contribution < -0.4 is 21.3 Å². The van der Waals surface area contributed by atoms with Crippen LogP contribution in [0.2, 0.25) is 5.02 Å². The van der Waals surface area contributed by atoms with Gasteiger partial charge in [-0.2, -0.15) is 4.98 Å². The second-order valence-corrected chi connectivity index (χ2v) is 8.40. The molecular weight excluding hydrogens is 454 g/mol. The largest absolute Gasteiger partial charge is 0.359 e. The third-order valence-electron chi connectivity index (χ3n) is 5.50. The zero-order chi connectivity index (χ0) is 23.7. The van der Waals surface area contributed by atoms with Crippen LogP contribution in [0.4, 0.5) is 39.3 Å². The number of halogens is 1. The van der Waals surface area contributed by atoms with Gasteiger partial charge in [0.25, 0.3) is 0 Å². The molecule has 1 aliphatic heterocycles. The van der Waals surface area contributed by atoms with E-state index in [0.29, 0.717) is 46.0 Å². The minimum Gasteiger partial charge on any atom is -0.359 e. The first-order valence-corrected chi connectivity index (χ1v) is 11.1. The van der Waals surface area contributed by atoms with E-state index in [0.717, 1.165) is 28.9 Å². The SMILES string of the molecule is Cc1noc(C)c1NC(=O)Nc1ccc2cc1CCc1cccc(c1)Nc1ncc(Cl)c(n1)N2. The second-order valence-electron chi connectivity index (χ2n) is 7.99. The minimum absolute atomic E-state index is 0.371. The minimum atomic E-state index is -0.371. The molecule has 6 bridgehead atoms. The van der Waals surface area contributed by atoms with Gasteiger partial charge in [-0.15, -0.1) is 0 Å². The third kappa shape index (κ3) is 4.65. The van der Waals surface area contributed by atoms with Gasteiger partial charge in [-0.3, -0.25) is 0 Å². The Balaban J connectivity index is 1.47. The number of urea groups is 1. The lowest BCUT2D eigenvalue weighted by molar-refractivity contribution is 0.262. The van der Waals surface area contributed by atoms with Crippen LogP contribution in [0.1, 0.15) is 22.6 Å². The van der Waals surface area contributed by atoms with Gasteiger partial charge in [0.15, 0.2) is 11.6 Å². The predicted molar refractivity (Wildman–Crippen MR) is 133 cm³/mol. The first-order chi connectivity index (χ1) is 16.4. The average Bonchev–Trinajstić information content (AvgIpc) is 3.13. The van der Waals surface area contributed by atoms with Crippen molar-refractivity contribution < 1.29 is 9.32 Å². The lowest BCUT2D eigenvalue weighted by atomic mass is 10.0. The van der Waals surface area contributed by atoms with Crippen molar-refractivity contribution in [3.05, 3.63) is 76.3 Å². The van der Waals surface area contributed by atoms with Gasteiger partial charge in [0.2, 0.25) is 5.95 Å². The quantitative estimate of drug-likeness (QED) is 0.282. The van der Waals surface area contributed by atoms with E-state index in [1.807, 2.05) is 30.3 Å². The van der Waals surface area contributed by atoms with Crippen LogP contribution in [0.15, 0.2) is 53.2 Å². The van der Waals surface area contributed by atoms with Crippen molar-refractivity contribution in [1.29, 1.82) is 0 Å². The smallest absolute Gasteiger partial charge is 0.323 e. The fraction of sp³-hybridized carbons (Fsp3) is 0.167. The first-order valence-electron chi connectivity index (χ1n) is 10.7. The molecule has 0 aliphatic carbocycles. The van der Waals surface area contributed by atoms with Gasteiger partial charge in [0.05, 0.1) is 6.20 Å². The highest BCUT2D eigenvalue weighted by Gasteiger charge is 2.15. The maximum atomic E-state index is 12.7. The van der Waals surface area contributed by atoms with E-state index in [4.69, 9.17) is 16.1 Å². The summed E-state index contributed by atoms with van der Waals surface area (Å²) in [6.45, 7) is 3.53. The van der Waals surface area contributed by atoms with Crippen molar-refractivity contribution in [3.8, 4) is 0 Å². The van der Waals surface area contributed by atoms with E-state index in [9.17, 15) is 4.79 Å². The Hall–Kier alpha value is -4.11. The fourth-order valence-electron chi connectivity index (χ4n) is 3.79. The number of carbonyl (C=O) groups is 1. The van der Waals surface area contributed by atoms with Crippen LogP contribution in [-0.2, 0) is 12.8 Å². The second kappa shape index (κ2) is 9.03. The molecule has 0 atom stereocenters. The number of amides is 2. The number of hydrogen-bond acceptors (Lipinski definition) is 7. The summed E-state index contributed by atoms with van der Waals surface area (Å²) in [5, 5.41) is 16.5. The summed E-state index contributed by atoms with van der Waals surface area (Å²) in [6.07, 6.45) is 3.04. The van der Waals surface area contributed by atoms with Crippen LogP contribution in [0.5, 0.6) is 0 Å². The number of rotatable bonds is 2. The van der Waals surface area contributed by atoms with E-state index in [1.165, 1.54) is 0 Å². The van der Waals surface area contributed by atoms with E-state index in [2.05, 4.69) is 48.5 Å². The molecule has 0 fully saturated rings. The van der Waals surface area contributed by atoms with Gasteiger partial charge in [-0.05, 0) is 68.1 Å². The number of nitrogens with one attached hydrogen (secondary N) is 4. The highest BCUT2D eigenvalue weighted by Crippen LogP contribution is 2.29. The van der Waals surface area contributed by atoms with E-state index in [1.54, 1.807) is 20.0 Å². The summed E-state index contributed by atoms with van der Waals surface area (Å²) < 4.78 is 5.13. The number of aryl methyl sites for hydroxylation is 4. The van der Waals surface area contributed by atoms with Gasteiger partial charge >= 0.3 is 6.03 Å². The predicted octanol–water partition coefficient (Wildman–Crippen LogP) is 5.96. The molecule has 4 aromatic rings. The lowest BCUT2D eigenvalue weighted by Crippen LogP contribution is -2.21. The topological polar surface area (TPSA) is 117 Å². The van der Waals surface area contributed by atoms with E-state index in [-0.39, 0.29) is 6.03 Å². The molecule has 34 heavy (non-hydrogen) atoms. The van der Waals surface area contributed by atoms with Crippen molar-refractivity contribution >= 4 is 52.1 Å². The number of hydrogen-bond donors (Lipinski definition) is 4. The Bertz CT molecular complexity index is 1370. The molecule has 0 radical (unpaired) electrons. The molecule has 3 heterocycles. The van der Waals surface area contributed by atoms with Crippen molar-refractivity contribution in [2.75, 3.05) is 21.3 Å². The van der Waals surface area contributed by atoms with Crippen LogP contribution in [0, 0.1) is 13.8 Å². The van der Waals surface area contributed by atoms with Gasteiger partial charge in [0, 0.05) is 17.1 Å². The summed E-state index contributed by atoms with van der Waals surface area (Å²) >= 11 is 6.33. The monoisotopic (exact) mass is 475 g/mol. The molecule has 5 rings (SSSR count). The molecule has 172 valence electrons. The summed E-state index contributed by atoms with van der Waals surface area (Å²) in [5.41, 5.74) is 5.66. The lowest BCUT2D eigenvalue weighted by Gasteiger charge is -2.15. The third-order valence-corrected chi connectivity index (χ3v) is 5.77. The van der Waals surface area contributed by atoms with Crippen LogP contribution in [0.3, 0.4) is 0 Å². The number of carbonyl (C=O) groups excluding carboxylic acids is 1. The summed E-state index contributed by atoms with van der Waals surface area (Å²) in [4.78, 5) is 21.5. The number of aromatic nitrogens is 3. The molecule has 0 spiro atoms. The fourth-order valence-corrected chi connectivity index (χ4v) is 3.93. The molecular formula is C24H22ClN7O2. The summed E-state index contributed by atoms with van der Waals surface area (Å²) in [7, 11) is 0. The Morgan fingerprint density at radius 1 is 1.06 bits per heavy atom. The van der Waals surface area contributed by atoms with Crippen molar-refractivity contribution in [3.63, 3.8) is 0 Å².